The van der Waals surface area contributed by atoms with E-state index in [1.165, 1.54) is 4.90 Å². The van der Waals surface area contributed by atoms with Crippen molar-refractivity contribution in [1.29, 1.82) is 0 Å². The first-order valence-electron chi connectivity index (χ1n) is 15.4. The van der Waals surface area contributed by atoms with Crippen LogP contribution in [0.2, 0.25) is 0 Å². The number of benzene rings is 1. The Kier molecular flexibility index (Phi) is 9.82. The van der Waals surface area contributed by atoms with E-state index in [-0.39, 0.29) is 24.8 Å². The second kappa shape index (κ2) is 13.5. The minimum Gasteiger partial charge on any atom is -0.369 e. The number of ketones is 1. The van der Waals surface area contributed by atoms with Crippen molar-refractivity contribution >= 4 is 35.1 Å². The molecule has 4 aliphatic rings. The summed E-state index contributed by atoms with van der Waals surface area (Å²) in [5, 5.41) is 7.41. The summed E-state index contributed by atoms with van der Waals surface area (Å²) in [6.45, 7) is 1.06. The molecule has 1 aromatic rings. The molecule has 3 N–H and O–H groups in total. The van der Waals surface area contributed by atoms with Gasteiger partial charge in [0.05, 0.1) is 6.04 Å². The summed E-state index contributed by atoms with van der Waals surface area (Å²) < 4.78 is 82.3. The molecule has 252 valence electrons. The van der Waals surface area contributed by atoms with Gasteiger partial charge in [0.2, 0.25) is 23.5 Å². The second-order valence-corrected chi connectivity index (χ2v) is 12.5. The number of likely N-dealkylation sites (tertiary alicyclic amines) is 2. The van der Waals surface area contributed by atoms with Gasteiger partial charge in [-0.15, -0.1) is 0 Å². The molecule has 1 aromatic carbocycles. The maximum atomic E-state index is 14.5. The summed E-state index contributed by atoms with van der Waals surface area (Å²) in [7, 11) is 0. The van der Waals surface area contributed by atoms with E-state index in [0.717, 1.165) is 4.90 Å². The first-order valence-corrected chi connectivity index (χ1v) is 15.4. The molecule has 4 fully saturated rings. The van der Waals surface area contributed by atoms with Crippen molar-refractivity contribution in [2.45, 2.75) is 75.7 Å². The van der Waals surface area contributed by atoms with Crippen molar-refractivity contribution in [2.75, 3.05) is 31.5 Å². The molecule has 0 bridgehead atoms. The molecule has 4 amide bonds. The molecular formula is C30H35F6N5O5. The summed E-state index contributed by atoms with van der Waals surface area (Å²) in [4.78, 5) is 68.7. The van der Waals surface area contributed by atoms with Crippen LogP contribution < -0.4 is 16.0 Å². The summed E-state index contributed by atoms with van der Waals surface area (Å²) in [6, 6.07) is -3.87. The predicted octanol–water partition coefficient (Wildman–Crippen LogP) is 2.67. The average Bonchev–Trinajstić information content (AvgIpc) is 3.65. The number of anilines is 1. The molecule has 1 saturated carbocycles. The van der Waals surface area contributed by atoms with E-state index in [1.807, 2.05) is 0 Å². The lowest BCUT2D eigenvalue weighted by atomic mass is 9.91. The maximum absolute atomic E-state index is 14.5. The van der Waals surface area contributed by atoms with Crippen LogP contribution in [0.1, 0.15) is 51.4 Å². The minimum atomic E-state index is -4.73. The van der Waals surface area contributed by atoms with Gasteiger partial charge in [-0.3, -0.25) is 24.0 Å². The SMILES string of the molecule is O=C1NCCC1CC(NC(=O)C1[C@H]2CCCC2CN1C(=O)C(CCC(F)(F)F)Nc1c(F)cc(F)cc1F)C(=O)C(=O)N1CCC1. The van der Waals surface area contributed by atoms with Gasteiger partial charge in [0.25, 0.3) is 5.91 Å². The fourth-order valence-electron chi connectivity index (χ4n) is 6.96. The van der Waals surface area contributed by atoms with Gasteiger partial charge >= 0.3 is 6.18 Å². The zero-order valence-corrected chi connectivity index (χ0v) is 24.8. The van der Waals surface area contributed by atoms with E-state index < -0.39 is 95.6 Å². The Balaban J connectivity index is 1.41. The number of halogens is 6. The van der Waals surface area contributed by atoms with Crippen LogP contribution in [0, 0.1) is 35.2 Å². The number of Topliss-reactive ketones (excluding diaryl/α,β-unsaturated/α-hetero) is 1. The highest BCUT2D eigenvalue weighted by Gasteiger charge is 2.51. The van der Waals surface area contributed by atoms with Crippen LogP contribution in [-0.2, 0) is 24.0 Å². The van der Waals surface area contributed by atoms with Crippen molar-refractivity contribution in [2.24, 2.45) is 17.8 Å². The zero-order chi connectivity index (χ0) is 33.3. The Morgan fingerprint density at radius 2 is 1.67 bits per heavy atom. The summed E-state index contributed by atoms with van der Waals surface area (Å²) in [5.41, 5.74) is -0.993. The number of amides is 4. The first kappa shape index (κ1) is 33.5. The third kappa shape index (κ3) is 7.25. The molecule has 1 aliphatic carbocycles. The average molecular weight is 660 g/mol. The van der Waals surface area contributed by atoms with Crippen LogP contribution >= 0.6 is 0 Å². The Morgan fingerprint density at radius 1 is 0.978 bits per heavy atom. The molecule has 3 saturated heterocycles. The lowest BCUT2D eigenvalue weighted by Crippen LogP contribution is -2.58. The molecule has 5 rings (SSSR count). The van der Waals surface area contributed by atoms with Crippen LogP contribution in [0.3, 0.4) is 0 Å². The van der Waals surface area contributed by atoms with Crippen molar-refractivity contribution in [3.63, 3.8) is 0 Å². The number of carbonyl (C=O) groups is 5. The van der Waals surface area contributed by atoms with Crippen LogP contribution in [0.25, 0.3) is 0 Å². The van der Waals surface area contributed by atoms with Gasteiger partial charge < -0.3 is 25.8 Å². The Labute approximate surface area is 260 Å². The van der Waals surface area contributed by atoms with Crippen LogP contribution in [-0.4, -0.2) is 89.7 Å². The van der Waals surface area contributed by atoms with E-state index >= 15 is 0 Å². The summed E-state index contributed by atoms with van der Waals surface area (Å²) in [5.74, 6) is -9.39. The molecule has 3 aliphatic heterocycles. The van der Waals surface area contributed by atoms with Crippen LogP contribution in [0.4, 0.5) is 32.0 Å². The molecule has 5 unspecified atom stereocenters. The maximum Gasteiger partial charge on any atom is 0.389 e. The fourth-order valence-corrected chi connectivity index (χ4v) is 6.96. The third-order valence-electron chi connectivity index (χ3n) is 9.45. The predicted molar refractivity (Wildman–Crippen MR) is 149 cm³/mol. The van der Waals surface area contributed by atoms with Gasteiger partial charge in [0.15, 0.2) is 11.6 Å². The summed E-state index contributed by atoms with van der Waals surface area (Å²) >= 11 is 0. The number of nitrogens with zero attached hydrogens (tertiary/aromatic N) is 2. The van der Waals surface area contributed by atoms with Gasteiger partial charge in [0, 0.05) is 50.7 Å². The topological polar surface area (TPSA) is 128 Å². The lowest BCUT2D eigenvalue weighted by Gasteiger charge is -2.34. The standard InChI is InChI=1S/C30H35F6N5O5/c31-17-12-19(32)23(20(33)13-17)38-21(5-7-30(34,35)36)28(45)41-14-16-3-1-4-18(16)24(41)27(44)39-22(11-15-6-8-37-26(15)43)25(42)29(46)40-9-2-10-40/h12-13,15-16,18,21-22,24,38H,1-11,14H2,(H,37,43)(H,39,44)/t15?,16?,18-,21?,22?,24?/m0/s1. The van der Waals surface area contributed by atoms with Crippen molar-refractivity contribution < 1.29 is 50.3 Å². The highest BCUT2D eigenvalue weighted by atomic mass is 19.4. The first-order chi connectivity index (χ1) is 21.7. The second-order valence-electron chi connectivity index (χ2n) is 12.5. The lowest BCUT2D eigenvalue weighted by molar-refractivity contribution is -0.149. The highest BCUT2D eigenvalue weighted by molar-refractivity contribution is 6.38. The molecule has 0 aromatic heterocycles. The summed E-state index contributed by atoms with van der Waals surface area (Å²) in [6.07, 6.45) is -4.45. The van der Waals surface area contributed by atoms with E-state index in [9.17, 15) is 50.3 Å². The zero-order valence-electron chi connectivity index (χ0n) is 24.8. The largest absolute Gasteiger partial charge is 0.389 e. The monoisotopic (exact) mass is 659 g/mol. The fraction of sp³-hybridized carbons (Fsp3) is 0.633. The van der Waals surface area contributed by atoms with Crippen molar-refractivity contribution in [3.05, 3.63) is 29.6 Å². The smallest absolute Gasteiger partial charge is 0.369 e. The van der Waals surface area contributed by atoms with Crippen LogP contribution in [0.5, 0.6) is 0 Å². The normalized spacial score (nSPS) is 25.4. The minimum absolute atomic E-state index is 0.0312. The Hall–Kier alpha value is -3.85. The quantitative estimate of drug-likeness (QED) is 0.248. The van der Waals surface area contributed by atoms with Crippen molar-refractivity contribution in [3.8, 4) is 0 Å². The number of fused-ring (bicyclic) bond motifs is 1. The number of rotatable bonds is 11. The third-order valence-corrected chi connectivity index (χ3v) is 9.45. The van der Waals surface area contributed by atoms with Gasteiger partial charge in [-0.05, 0) is 50.4 Å². The molecular weight excluding hydrogens is 624 g/mol. The van der Waals surface area contributed by atoms with E-state index in [4.69, 9.17) is 0 Å². The van der Waals surface area contributed by atoms with Gasteiger partial charge in [0.1, 0.15) is 23.6 Å². The number of alkyl halides is 3. The Bertz CT molecular complexity index is 1370. The molecule has 10 nitrogen and oxygen atoms in total. The Morgan fingerprint density at radius 3 is 2.26 bits per heavy atom. The van der Waals surface area contributed by atoms with Crippen LogP contribution in [0.15, 0.2) is 12.1 Å². The molecule has 46 heavy (non-hydrogen) atoms. The molecule has 0 spiro atoms. The van der Waals surface area contributed by atoms with E-state index in [2.05, 4.69) is 16.0 Å². The highest BCUT2D eigenvalue weighted by Crippen LogP contribution is 2.43. The number of nitrogens with one attached hydrogen (secondary N) is 3. The number of hydrogen-bond acceptors (Lipinski definition) is 6. The van der Waals surface area contributed by atoms with Gasteiger partial charge in [-0.2, -0.15) is 13.2 Å². The van der Waals surface area contributed by atoms with E-state index in [1.54, 1.807) is 0 Å². The number of hydrogen-bond donors (Lipinski definition) is 3. The van der Waals surface area contributed by atoms with E-state index in [0.29, 0.717) is 63.9 Å². The molecule has 3 heterocycles. The van der Waals surface area contributed by atoms with Gasteiger partial charge in [-0.1, -0.05) is 6.42 Å². The molecule has 16 heteroatoms. The number of carbonyl (C=O) groups excluding carboxylic acids is 5. The van der Waals surface area contributed by atoms with Crippen molar-refractivity contribution in [1.82, 2.24) is 20.4 Å². The molecule has 0 radical (unpaired) electrons. The van der Waals surface area contributed by atoms with Gasteiger partial charge in [-0.25, -0.2) is 13.2 Å². The molecule has 6 atom stereocenters.